The number of nitrogens with two attached hydrogens (primary N) is 1. The molecule has 0 bridgehead atoms. The van der Waals surface area contributed by atoms with E-state index in [1.165, 1.54) is 10.4 Å². The van der Waals surface area contributed by atoms with Crippen LogP contribution in [0.2, 0.25) is 0 Å². The summed E-state index contributed by atoms with van der Waals surface area (Å²) in [6.45, 7) is 2.14. The van der Waals surface area contributed by atoms with Gasteiger partial charge >= 0.3 is 0 Å². The minimum atomic E-state index is 0.606. The van der Waals surface area contributed by atoms with Gasteiger partial charge in [-0.2, -0.15) is 0 Å². The molecule has 3 aromatic rings. The number of anilines is 1. The number of aromatic nitrogens is 2. The van der Waals surface area contributed by atoms with Gasteiger partial charge in [-0.15, -0.1) is 11.3 Å². The number of fused-ring (bicyclic) bond motifs is 1. The zero-order valence-corrected chi connectivity index (χ0v) is 12.3. The summed E-state index contributed by atoms with van der Waals surface area (Å²) >= 11 is 1.72. The van der Waals surface area contributed by atoms with E-state index in [-0.39, 0.29) is 0 Å². The molecule has 3 rings (SSSR count). The molecule has 0 aliphatic heterocycles. The largest absolute Gasteiger partial charge is 0.383 e. The highest BCUT2D eigenvalue weighted by atomic mass is 32.1. The third kappa shape index (κ3) is 2.65. The number of rotatable bonds is 4. The molecule has 4 heteroatoms. The van der Waals surface area contributed by atoms with E-state index in [1.54, 1.807) is 11.3 Å². The third-order valence-corrected chi connectivity index (χ3v) is 4.52. The molecular formula is C16H17N3S. The fraction of sp³-hybridized carbons (Fsp3) is 0.250. The molecule has 0 aliphatic carbocycles. The lowest BCUT2D eigenvalue weighted by atomic mass is 10.1. The molecular weight excluding hydrogens is 266 g/mol. The van der Waals surface area contributed by atoms with E-state index < -0.39 is 0 Å². The quantitative estimate of drug-likeness (QED) is 0.795. The lowest BCUT2D eigenvalue weighted by Crippen LogP contribution is -2.01. The van der Waals surface area contributed by atoms with Gasteiger partial charge in [0.25, 0.3) is 0 Å². The van der Waals surface area contributed by atoms with Crippen LogP contribution in [0.3, 0.4) is 0 Å². The topological polar surface area (TPSA) is 51.8 Å². The predicted molar refractivity (Wildman–Crippen MR) is 85.1 cm³/mol. The van der Waals surface area contributed by atoms with Crippen LogP contribution >= 0.6 is 11.3 Å². The monoisotopic (exact) mass is 283 g/mol. The Morgan fingerprint density at radius 2 is 1.90 bits per heavy atom. The Labute approximate surface area is 122 Å². The molecule has 0 aliphatic rings. The van der Waals surface area contributed by atoms with E-state index in [9.17, 15) is 0 Å². The summed E-state index contributed by atoms with van der Waals surface area (Å²) in [5.74, 6) is 1.44. The first-order valence-corrected chi connectivity index (χ1v) is 7.66. The third-order valence-electron chi connectivity index (χ3n) is 3.35. The Kier molecular flexibility index (Phi) is 3.65. The number of nitrogen functional groups attached to an aromatic ring is 1. The Morgan fingerprint density at radius 1 is 1.10 bits per heavy atom. The molecule has 2 N–H and O–H groups in total. The first-order chi connectivity index (χ1) is 9.76. The summed E-state index contributed by atoms with van der Waals surface area (Å²) in [4.78, 5) is 11.4. The van der Waals surface area contributed by atoms with Crippen molar-refractivity contribution in [3.8, 4) is 0 Å². The fourth-order valence-electron chi connectivity index (χ4n) is 2.23. The lowest BCUT2D eigenvalue weighted by Gasteiger charge is -2.03. The second-order valence-electron chi connectivity index (χ2n) is 4.80. The van der Waals surface area contributed by atoms with Crippen LogP contribution < -0.4 is 5.73 Å². The molecule has 1 aromatic carbocycles. The second kappa shape index (κ2) is 5.59. The number of thiophene rings is 1. The summed E-state index contributed by atoms with van der Waals surface area (Å²) in [7, 11) is 0. The molecule has 0 fully saturated rings. The van der Waals surface area contributed by atoms with Crippen molar-refractivity contribution in [3.05, 3.63) is 52.7 Å². The van der Waals surface area contributed by atoms with Crippen LogP contribution in [0.1, 0.15) is 23.2 Å². The van der Waals surface area contributed by atoms with Crippen LogP contribution in [0.15, 0.2) is 36.4 Å². The van der Waals surface area contributed by atoms with Crippen molar-refractivity contribution in [1.82, 2.24) is 9.97 Å². The van der Waals surface area contributed by atoms with Crippen molar-refractivity contribution in [2.75, 3.05) is 5.73 Å². The molecule has 0 spiro atoms. The lowest BCUT2D eigenvalue weighted by molar-refractivity contribution is 0.874. The predicted octanol–water partition coefficient (Wildman–Crippen LogP) is 3.62. The summed E-state index contributed by atoms with van der Waals surface area (Å²) in [5.41, 5.74) is 7.35. The summed E-state index contributed by atoms with van der Waals surface area (Å²) in [5, 5.41) is 0.996. The van der Waals surface area contributed by atoms with E-state index in [1.807, 2.05) is 6.07 Å². The fourth-order valence-corrected chi connectivity index (χ4v) is 3.22. The maximum absolute atomic E-state index is 6.05. The highest BCUT2D eigenvalue weighted by Gasteiger charge is 2.09. The smallest absolute Gasteiger partial charge is 0.135 e. The molecule has 0 atom stereocenters. The molecule has 2 aromatic heterocycles. The van der Waals surface area contributed by atoms with Crippen molar-refractivity contribution >= 4 is 27.4 Å². The average Bonchev–Trinajstić information content (AvgIpc) is 2.90. The molecule has 0 radical (unpaired) electrons. The van der Waals surface area contributed by atoms with Gasteiger partial charge in [0.05, 0.1) is 5.39 Å². The number of hydrogen-bond donors (Lipinski definition) is 1. The number of nitrogens with zero attached hydrogens (tertiary/aromatic N) is 2. The van der Waals surface area contributed by atoms with Crippen LogP contribution in [-0.2, 0) is 19.3 Å². The Balaban J connectivity index is 1.85. The number of benzene rings is 1. The second-order valence-corrected chi connectivity index (χ2v) is 5.91. The molecule has 3 nitrogen and oxygen atoms in total. The van der Waals surface area contributed by atoms with Gasteiger partial charge in [0.2, 0.25) is 0 Å². The maximum atomic E-state index is 6.05. The Hall–Kier alpha value is -1.94. The van der Waals surface area contributed by atoms with E-state index in [0.717, 1.165) is 35.3 Å². The van der Waals surface area contributed by atoms with E-state index >= 15 is 0 Å². The van der Waals surface area contributed by atoms with Gasteiger partial charge in [0, 0.05) is 11.3 Å². The number of aryl methyl sites for hydroxylation is 3. The van der Waals surface area contributed by atoms with E-state index in [0.29, 0.717) is 5.82 Å². The van der Waals surface area contributed by atoms with Crippen LogP contribution in [0, 0.1) is 0 Å². The minimum Gasteiger partial charge on any atom is -0.383 e. The van der Waals surface area contributed by atoms with Crippen LogP contribution in [-0.4, -0.2) is 9.97 Å². The van der Waals surface area contributed by atoms with E-state index in [2.05, 4.69) is 47.2 Å². The zero-order chi connectivity index (χ0) is 13.9. The summed E-state index contributed by atoms with van der Waals surface area (Å²) < 4.78 is 0. The van der Waals surface area contributed by atoms with Gasteiger partial charge in [-0.1, -0.05) is 37.3 Å². The normalized spacial score (nSPS) is 11.1. The maximum Gasteiger partial charge on any atom is 0.135 e. The van der Waals surface area contributed by atoms with Crippen molar-refractivity contribution in [1.29, 1.82) is 0 Å². The molecule has 102 valence electrons. The number of hydrogen-bond acceptors (Lipinski definition) is 4. The van der Waals surface area contributed by atoms with Crippen molar-refractivity contribution in [2.24, 2.45) is 0 Å². The summed E-state index contributed by atoms with van der Waals surface area (Å²) in [6.07, 6.45) is 2.78. The van der Waals surface area contributed by atoms with Gasteiger partial charge < -0.3 is 5.73 Å². The van der Waals surface area contributed by atoms with Crippen LogP contribution in [0.4, 0.5) is 5.82 Å². The van der Waals surface area contributed by atoms with Gasteiger partial charge in [-0.25, -0.2) is 9.97 Å². The van der Waals surface area contributed by atoms with Gasteiger partial charge in [0.15, 0.2) is 0 Å². The molecule has 2 heterocycles. The minimum absolute atomic E-state index is 0.606. The zero-order valence-electron chi connectivity index (χ0n) is 11.5. The van der Waals surface area contributed by atoms with Gasteiger partial charge in [-0.05, 0) is 24.5 Å². The van der Waals surface area contributed by atoms with E-state index in [4.69, 9.17) is 5.73 Å². The van der Waals surface area contributed by atoms with Crippen molar-refractivity contribution in [3.63, 3.8) is 0 Å². The first kappa shape index (κ1) is 13.1. The van der Waals surface area contributed by atoms with Crippen LogP contribution in [0.5, 0.6) is 0 Å². The highest BCUT2D eigenvalue weighted by molar-refractivity contribution is 7.18. The van der Waals surface area contributed by atoms with Crippen molar-refractivity contribution < 1.29 is 0 Å². The molecule has 0 saturated heterocycles. The Bertz CT molecular complexity index is 719. The highest BCUT2D eigenvalue weighted by Crippen LogP contribution is 2.27. The van der Waals surface area contributed by atoms with Gasteiger partial charge in [0.1, 0.15) is 16.5 Å². The summed E-state index contributed by atoms with van der Waals surface area (Å²) in [6, 6.07) is 12.5. The molecule has 20 heavy (non-hydrogen) atoms. The average molecular weight is 283 g/mol. The first-order valence-electron chi connectivity index (χ1n) is 6.85. The SMILES string of the molecule is CCc1cc2c(N)nc(CCc3ccccc3)nc2s1. The molecule has 0 amide bonds. The van der Waals surface area contributed by atoms with Crippen molar-refractivity contribution in [2.45, 2.75) is 26.2 Å². The van der Waals surface area contributed by atoms with Gasteiger partial charge in [-0.3, -0.25) is 0 Å². The standard InChI is InChI=1S/C16H17N3S/c1-2-12-10-13-15(17)18-14(19-16(13)20-12)9-8-11-6-4-3-5-7-11/h3-7,10H,2,8-9H2,1H3,(H2,17,18,19). The molecule has 0 saturated carbocycles. The molecule has 0 unspecified atom stereocenters. The Morgan fingerprint density at radius 3 is 2.65 bits per heavy atom. The van der Waals surface area contributed by atoms with Crippen LogP contribution in [0.25, 0.3) is 10.2 Å².